The van der Waals surface area contributed by atoms with Gasteiger partial charge < -0.3 is 13.6 Å². The summed E-state index contributed by atoms with van der Waals surface area (Å²) in [5.74, 6) is 4.66. The average Bonchev–Trinajstić information content (AvgIpc) is 3.07. The summed E-state index contributed by atoms with van der Waals surface area (Å²) in [5.41, 5.74) is 3.51. The average molecular weight is 721 g/mol. The highest BCUT2D eigenvalue weighted by molar-refractivity contribution is 8.08. The Morgan fingerprint density at radius 2 is 0.660 bits per heavy atom. The smallest absolute Gasteiger partial charge is 0.407 e. The van der Waals surface area contributed by atoms with E-state index in [1.54, 1.807) is 0 Å². The van der Waals surface area contributed by atoms with Crippen molar-refractivity contribution in [2.75, 3.05) is 0 Å². The standard InChI is InChI=1S/C45H69O3PS/c1-37(2)25-13-7-10-16-28-40-31-19-22-34-43(40)46-49(50,47-44-35-23-20-32-41(44)29-17-11-8-14-26-38(3)4)48-45-36-24-21-33-42(45)30-18-12-9-15-27-39(5)6/h19-24,31-39H,7-18,25-30H2,1-6H3. The van der Waals surface area contributed by atoms with Crippen molar-refractivity contribution < 1.29 is 13.6 Å². The second kappa shape index (κ2) is 24.0. The molecule has 3 rings (SSSR count). The van der Waals surface area contributed by atoms with Crippen molar-refractivity contribution in [3.8, 4) is 17.2 Å². The number of benzene rings is 3. The minimum atomic E-state index is -3.31. The van der Waals surface area contributed by atoms with Crippen molar-refractivity contribution >= 4 is 18.5 Å². The molecule has 0 bridgehead atoms. The van der Waals surface area contributed by atoms with Gasteiger partial charge in [0.1, 0.15) is 17.2 Å². The first-order valence-electron chi connectivity index (χ1n) is 20.1. The Bertz CT molecular complexity index is 1220. The fraction of sp³-hybridized carbons (Fsp3) is 0.600. The third kappa shape index (κ3) is 17.3. The number of aryl methyl sites for hydroxylation is 3. The first-order valence-corrected chi connectivity index (χ1v) is 22.6. The molecule has 0 amide bonds. The summed E-state index contributed by atoms with van der Waals surface area (Å²) in [7, 11) is 0. The van der Waals surface area contributed by atoms with E-state index in [2.05, 4.69) is 77.9 Å². The van der Waals surface area contributed by atoms with Crippen molar-refractivity contribution in [1.29, 1.82) is 0 Å². The Hall–Kier alpha value is -2.29. The molecular weight excluding hydrogens is 652 g/mol. The van der Waals surface area contributed by atoms with Crippen molar-refractivity contribution in [1.82, 2.24) is 0 Å². The molecule has 0 spiro atoms. The van der Waals surface area contributed by atoms with Gasteiger partial charge in [-0.2, -0.15) is 0 Å². The van der Waals surface area contributed by atoms with Crippen LogP contribution in [-0.2, 0) is 31.1 Å². The summed E-state index contributed by atoms with van der Waals surface area (Å²) in [6.07, 6.45) is 21.5. The van der Waals surface area contributed by atoms with Crippen LogP contribution < -0.4 is 13.6 Å². The Kier molecular flexibility index (Phi) is 20.3. The molecule has 0 saturated carbocycles. The lowest BCUT2D eigenvalue weighted by Crippen LogP contribution is -2.10. The van der Waals surface area contributed by atoms with Crippen molar-refractivity contribution in [3.05, 3.63) is 89.5 Å². The zero-order chi connectivity index (χ0) is 36.0. The third-order valence-electron chi connectivity index (χ3n) is 9.48. The van der Waals surface area contributed by atoms with Crippen LogP contribution in [-0.4, -0.2) is 0 Å². The monoisotopic (exact) mass is 720 g/mol. The molecule has 50 heavy (non-hydrogen) atoms. The number of hydrogen-bond donors (Lipinski definition) is 0. The van der Waals surface area contributed by atoms with Gasteiger partial charge in [-0.15, -0.1) is 0 Å². The molecule has 3 aromatic rings. The van der Waals surface area contributed by atoms with E-state index in [1.807, 2.05) is 36.4 Å². The Morgan fingerprint density at radius 1 is 0.400 bits per heavy atom. The maximum Gasteiger partial charge on any atom is 0.490 e. The Labute approximate surface area is 312 Å². The van der Waals surface area contributed by atoms with Gasteiger partial charge in [0.05, 0.1) is 0 Å². The molecule has 0 atom stereocenters. The predicted octanol–water partition coefficient (Wildman–Crippen LogP) is 14.9. The quantitative estimate of drug-likeness (QED) is 0.0579. The van der Waals surface area contributed by atoms with E-state index in [1.165, 1.54) is 93.7 Å². The van der Waals surface area contributed by atoms with Gasteiger partial charge in [-0.1, -0.05) is 173 Å². The highest BCUT2D eigenvalue weighted by atomic mass is 32.5. The highest BCUT2D eigenvalue weighted by Crippen LogP contribution is 2.52. The van der Waals surface area contributed by atoms with Crippen LogP contribution in [0.2, 0.25) is 0 Å². The van der Waals surface area contributed by atoms with Crippen molar-refractivity contribution in [3.63, 3.8) is 0 Å². The number of rotatable bonds is 27. The summed E-state index contributed by atoms with van der Waals surface area (Å²) in [6, 6.07) is 25.0. The molecule has 0 heterocycles. The molecule has 3 nitrogen and oxygen atoms in total. The first-order chi connectivity index (χ1) is 24.1. The molecule has 5 heteroatoms. The second-order valence-electron chi connectivity index (χ2n) is 15.6. The lowest BCUT2D eigenvalue weighted by molar-refractivity contribution is 0.378. The van der Waals surface area contributed by atoms with E-state index in [9.17, 15) is 0 Å². The minimum Gasteiger partial charge on any atom is -0.407 e. The third-order valence-corrected chi connectivity index (χ3v) is 11.4. The number of unbranched alkanes of at least 4 members (excludes halogenated alkanes) is 9. The first kappa shape index (κ1) is 42.1. The van der Waals surface area contributed by atoms with Crippen molar-refractivity contribution in [2.45, 2.75) is 157 Å². The summed E-state index contributed by atoms with van der Waals surface area (Å²) >= 11 is 6.35. The molecule has 0 radical (unpaired) electrons. The molecule has 0 aromatic heterocycles. The zero-order valence-electron chi connectivity index (χ0n) is 32.5. The van der Waals surface area contributed by atoms with Gasteiger partial charge in [0.25, 0.3) is 0 Å². The fourth-order valence-electron chi connectivity index (χ4n) is 6.48. The molecule has 0 aliphatic heterocycles. The summed E-state index contributed by atoms with van der Waals surface area (Å²) < 4.78 is 20.4. The molecule has 0 fully saturated rings. The van der Waals surface area contributed by atoms with E-state index in [0.717, 1.165) is 73.5 Å². The second-order valence-corrected chi connectivity index (χ2v) is 18.4. The molecule has 3 aromatic carbocycles. The van der Waals surface area contributed by atoms with Crippen LogP contribution in [0.4, 0.5) is 0 Å². The normalized spacial score (nSPS) is 11.9. The predicted molar refractivity (Wildman–Crippen MR) is 220 cm³/mol. The number of para-hydroxylation sites is 3. The van der Waals surface area contributed by atoms with Gasteiger partial charge in [0, 0.05) is 11.8 Å². The molecule has 0 N–H and O–H groups in total. The van der Waals surface area contributed by atoms with E-state index in [4.69, 9.17) is 25.4 Å². The van der Waals surface area contributed by atoms with Crippen LogP contribution in [0.25, 0.3) is 0 Å². The van der Waals surface area contributed by atoms with Crippen LogP contribution in [0.15, 0.2) is 72.8 Å². The van der Waals surface area contributed by atoms with E-state index in [0.29, 0.717) is 0 Å². The van der Waals surface area contributed by atoms with Crippen LogP contribution in [0.1, 0.15) is 155 Å². The van der Waals surface area contributed by atoms with Gasteiger partial charge in [-0.25, -0.2) is 0 Å². The Morgan fingerprint density at radius 3 is 0.940 bits per heavy atom. The summed E-state index contributed by atoms with van der Waals surface area (Å²) in [5, 5.41) is 0. The van der Waals surface area contributed by atoms with Gasteiger partial charge in [0.2, 0.25) is 0 Å². The van der Waals surface area contributed by atoms with Gasteiger partial charge in [-0.05, 0) is 91.2 Å². The summed E-state index contributed by atoms with van der Waals surface area (Å²) in [4.78, 5) is 0. The van der Waals surface area contributed by atoms with E-state index in [-0.39, 0.29) is 0 Å². The minimum absolute atomic E-state index is 0.771. The van der Waals surface area contributed by atoms with Crippen molar-refractivity contribution in [2.24, 2.45) is 17.8 Å². The molecule has 278 valence electrons. The highest BCUT2D eigenvalue weighted by Gasteiger charge is 2.29. The lowest BCUT2D eigenvalue weighted by Gasteiger charge is -2.26. The van der Waals surface area contributed by atoms with Gasteiger partial charge >= 0.3 is 6.72 Å². The largest absolute Gasteiger partial charge is 0.490 e. The maximum absolute atomic E-state index is 6.80. The zero-order valence-corrected chi connectivity index (χ0v) is 34.2. The SMILES string of the molecule is CC(C)CCCCCCc1ccccc1OP(=S)(Oc1ccccc1CCCCCCC(C)C)Oc1ccccc1CCCCCCC(C)C. The molecule has 0 unspecified atom stereocenters. The lowest BCUT2D eigenvalue weighted by atomic mass is 10.0. The van der Waals surface area contributed by atoms with Crippen LogP contribution >= 0.6 is 6.72 Å². The van der Waals surface area contributed by atoms with Crippen LogP contribution in [0.3, 0.4) is 0 Å². The Balaban J connectivity index is 1.79. The molecule has 0 aliphatic carbocycles. The van der Waals surface area contributed by atoms with Gasteiger partial charge in [0.15, 0.2) is 0 Å². The van der Waals surface area contributed by atoms with Crippen LogP contribution in [0, 0.1) is 17.8 Å². The maximum atomic E-state index is 6.80. The van der Waals surface area contributed by atoms with E-state index >= 15 is 0 Å². The molecule has 0 saturated heterocycles. The molecular formula is C45H69O3PS. The van der Waals surface area contributed by atoms with E-state index < -0.39 is 6.72 Å². The molecule has 0 aliphatic rings. The van der Waals surface area contributed by atoms with Gasteiger partial charge in [-0.3, -0.25) is 0 Å². The summed E-state index contributed by atoms with van der Waals surface area (Å²) in [6.45, 7) is 10.5. The topological polar surface area (TPSA) is 27.7 Å². The van der Waals surface area contributed by atoms with Crippen LogP contribution in [0.5, 0.6) is 17.2 Å². The number of hydrogen-bond acceptors (Lipinski definition) is 4. The fourth-order valence-corrected chi connectivity index (χ4v) is 8.57.